The number of anilines is 1. The van der Waals surface area contributed by atoms with E-state index in [1.807, 2.05) is 42.1 Å². The van der Waals surface area contributed by atoms with Crippen LogP contribution < -0.4 is 10.1 Å². The number of methoxy groups -OCH3 is 2. The minimum Gasteiger partial charge on any atom is -0.496 e. The Morgan fingerprint density at radius 3 is 2.83 bits per heavy atom. The van der Waals surface area contributed by atoms with Gasteiger partial charge < -0.3 is 19.4 Å². The minimum absolute atomic E-state index is 0.204. The van der Waals surface area contributed by atoms with Crippen molar-refractivity contribution in [3.05, 3.63) is 53.9 Å². The minimum atomic E-state index is -0.204. The Morgan fingerprint density at radius 2 is 2.12 bits per heavy atom. The van der Waals surface area contributed by atoms with Gasteiger partial charge in [0.2, 0.25) is 5.13 Å². The van der Waals surface area contributed by atoms with Gasteiger partial charge >= 0.3 is 0 Å². The maximum atomic E-state index is 5.52. The van der Waals surface area contributed by atoms with Crippen LogP contribution in [0.5, 0.6) is 5.75 Å². The van der Waals surface area contributed by atoms with Gasteiger partial charge in [-0.15, -0.1) is 0 Å². The number of rotatable bonds is 7. The van der Waals surface area contributed by atoms with Crippen LogP contribution >= 0.6 is 11.5 Å². The lowest BCUT2D eigenvalue weighted by atomic mass is 10.1. The van der Waals surface area contributed by atoms with Crippen LogP contribution in [0.25, 0.3) is 0 Å². The van der Waals surface area contributed by atoms with Gasteiger partial charge in [-0.1, -0.05) is 18.2 Å². The summed E-state index contributed by atoms with van der Waals surface area (Å²) in [6, 6.07) is 7.67. The molecule has 0 fully saturated rings. The summed E-state index contributed by atoms with van der Waals surface area (Å²) in [7, 11) is 5.25. The summed E-state index contributed by atoms with van der Waals surface area (Å²) < 4.78 is 16.8. The zero-order valence-electron chi connectivity index (χ0n) is 13.8. The van der Waals surface area contributed by atoms with Gasteiger partial charge in [-0.3, -0.25) is 0 Å². The van der Waals surface area contributed by atoms with Crippen LogP contribution in [0, 0.1) is 0 Å². The second-order valence-electron chi connectivity index (χ2n) is 5.16. The van der Waals surface area contributed by atoms with E-state index in [4.69, 9.17) is 9.47 Å². The van der Waals surface area contributed by atoms with Crippen LogP contribution in [0.15, 0.2) is 36.7 Å². The first-order valence-electron chi connectivity index (χ1n) is 7.41. The first-order valence-corrected chi connectivity index (χ1v) is 8.18. The predicted molar refractivity (Wildman–Crippen MR) is 92.3 cm³/mol. The summed E-state index contributed by atoms with van der Waals surface area (Å²) >= 11 is 1.30. The maximum absolute atomic E-state index is 5.52. The molecular weight excluding hydrogens is 326 g/mol. The van der Waals surface area contributed by atoms with Crippen molar-refractivity contribution in [3.63, 3.8) is 0 Å². The van der Waals surface area contributed by atoms with Crippen molar-refractivity contribution in [1.82, 2.24) is 18.9 Å². The lowest BCUT2D eigenvalue weighted by molar-refractivity contribution is 0.179. The molecule has 2 heterocycles. The molecule has 24 heavy (non-hydrogen) atoms. The van der Waals surface area contributed by atoms with Crippen molar-refractivity contribution in [2.45, 2.75) is 12.6 Å². The van der Waals surface area contributed by atoms with Gasteiger partial charge in [0, 0.05) is 43.6 Å². The van der Waals surface area contributed by atoms with E-state index < -0.39 is 0 Å². The van der Waals surface area contributed by atoms with E-state index in [0.29, 0.717) is 17.6 Å². The Labute approximate surface area is 144 Å². The summed E-state index contributed by atoms with van der Waals surface area (Å²) in [4.78, 5) is 8.94. The average molecular weight is 345 g/mol. The van der Waals surface area contributed by atoms with Crippen molar-refractivity contribution in [1.29, 1.82) is 0 Å². The Balaban J connectivity index is 1.97. The van der Waals surface area contributed by atoms with Crippen molar-refractivity contribution in [2.75, 3.05) is 19.5 Å². The number of hydrogen-bond acceptors (Lipinski definition) is 7. The van der Waals surface area contributed by atoms with Crippen molar-refractivity contribution < 1.29 is 9.47 Å². The van der Waals surface area contributed by atoms with Gasteiger partial charge in [-0.25, -0.2) is 9.97 Å². The second kappa shape index (κ2) is 7.41. The molecule has 1 N–H and O–H groups in total. The molecular formula is C16H19N5O2S. The molecule has 2 aromatic heterocycles. The molecule has 0 radical (unpaired) electrons. The molecule has 1 aromatic carbocycles. The van der Waals surface area contributed by atoms with Gasteiger partial charge in [0.25, 0.3) is 0 Å². The normalized spacial score (nSPS) is 12.1. The molecule has 1 atom stereocenters. The maximum Gasteiger partial charge on any atom is 0.203 e. The van der Waals surface area contributed by atoms with Crippen LogP contribution in [-0.2, 0) is 18.4 Å². The number of nitrogens with one attached hydrogen (secondary N) is 1. The lowest BCUT2D eigenvalue weighted by Gasteiger charge is -2.20. The summed E-state index contributed by atoms with van der Waals surface area (Å²) in [6.45, 7) is 0.389. The highest BCUT2D eigenvalue weighted by atomic mass is 32.1. The Hall–Kier alpha value is -2.45. The van der Waals surface area contributed by atoms with Crippen LogP contribution in [0.2, 0.25) is 0 Å². The third-order valence-corrected chi connectivity index (χ3v) is 4.26. The molecule has 1 unspecified atom stereocenters. The molecule has 3 aromatic rings. The quantitative estimate of drug-likeness (QED) is 0.709. The van der Waals surface area contributed by atoms with E-state index in [0.717, 1.165) is 17.1 Å². The monoisotopic (exact) mass is 345 g/mol. The van der Waals surface area contributed by atoms with Crippen molar-refractivity contribution in [3.8, 4) is 5.75 Å². The fourth-order valence-corrected chi connectivity index (χ4v) is 3.07. The zero-order valence-corrected chi connectivity index (χ0v) is 14.6. The number of ether oxygens (including phenoxy) is 2. The lowest BCUT2D eigenvalue weighted by Crippen LogP contribution is -2.17. The molecule has 0 bridgehead atoms. The highest BCUT2D eigenvalue weighted by Crippen LogP contribution is 2.32. The fourth-order valence-electron chi connectivity index (χ4n) is 2.47. The topological polar surface area (TPSA) is 74.1 Å². The van der Waals surface area contributed by atoms with Crippen LogP contribution in [0.4, 0.5) is 5.13 Å². The summed E-state index contributed by atoms with van der Waals surface area (Å²) in [6.07, 6.45) is 3.69. The van der Waals surface area contributed by atoms with E-state index in [1.165, 1.54) is 11.5 Å². The summed E-state index contributed by atoms with van der Waals surface area (Å²) in [5, 5.41) is 4.13. The smallest absolute Gasteiger partial charge is 0.203 e. The summed E-state index contributed by atoms with van der Waals surface area (Å²) in [5.74, 6) is 2.31. The number of aryl methyl sites for hydroxylation is 1. The number of nitrogens with zero attached hydrogens (tertiary/aromatic N) is 4. The van der Waals surface area contributed by atoms with E-state index in [-0.39, 0.29) is 6.04 Å². The third kappa shape index (κ3) is 3.39. The van der Waals surface area contributed by atoms with Gasteiger partial charge in [-0.05, 0) is 6.07 Å². The highest BCUT2D eigenvalue weighted by molar-refractivity contribution is 7.09. The first kappa shape index (κ1) is 16.4. The first-order chi connectivity index (χ1) is 11.7. The molecule has 126 valence electrons. The Kier molecular flexibility index (Phi) is 5.07. The molecule has 3 rings (SSSR count). The number of hydrogen-bond donors (Lipinski definition) is 1. The molecule has 0 aliphatic rings. The molecule has 0 aliphatic heterocycles. The zero-order chi connectivity index (χ0) is 16.9. The van der Waals surface area contributed by atoms with E-state index in [9.17, 15) is 0 Å². The number of benzene rings is 1. The van der Waals surface area contributed by atoms with Gasteiger partial charge in [0.1, 0.15) is 24.2 Å². The molecule has 0 saturated carbocycles. The van der Waals surface area contributed by atoms with E-state index in [1.54, 1.807) is 20.4 Å². The third-order valence-electron chi connectivity index (χ3n) is 3.58. The van der Waals surface area contributed by atoms with Gasteiger partial charge in [0.05, 0.1) is 7.11 Å². The highest BCUT2D eigenvalue weighted by Gasteiger charge is 2.23. The SMILES string of the molecule is COCc1nsc(NC(c2ccccc2OC)c2nccn2C)n1. The number of para-hydroxylation sites is 1. The summed E-state index contributed by atoms with van der Waals surface area (Å²) in [5.41, 5.74) is 0.984. The molecule has 7 nitrogen and oxygen atoms in total. The standard InChI is InChI=1S/C16H19N5O2S/c1-21-9-8-17-15(21)14(11-6-4-5-7-12(11)23-3)19-16-18-13(10-22-2)20-24-16/h4-9,14H,10H2,1-3H3,(H,18,19,20). The number of aromatic nitrogens is 4. The predicted octanol–water partition coefficient (Wildman–Crippen LogP) is 2.63. The van der Waals surface area contributed by atoms with Crippen molar-refractivity contribution in [2.24, 2.45) is 7.05 Å². The van der Waals surface area contributed by atoms with Gasteiger partial charge in [0.15, 0.2) is 5.82 Å². The number of imidazole rings is 1. The van der Waals surface area contributed by atoms with E-state index >= 15 is 0 Å². The molecule has 0 saturated heterocycles. The molecule has 8 heteroatoms. The van der Waals surface area contributed by atoms with E-state index in [2.05, 4.69) is 19.7 Å². The largest absolute Gasteiger partial charge is 0.496 e. The average Bonchev–Trinajstić information content (AvgIpc) is 3.22. The van der Waals surface area contributed by atoms with Gasteiger partial charge in [-0.2, -0.15) is 4.37 Å². The van der Waals surface area contributed by atoms with Crippen LogP contribution in [-0.4, -0.2) is 33.1 Å². The van der Waals surface area contributed by atoms with Crippen molar-refractivity contribution >= 4 is 16.7 Å². The van der Waals surface area contributed by atoms with Crippen LogP contribution in [0.3, 0.4) is 0 Å². The fraction of sp³-hybridized carbons (Fsp3) is 0.312. The molecule has 0 spiro atoms. The molecule has 0 aliphatic carbocycles. The van der Waals surface area contributed by atoms with Crippen LogP contribution in [0.1, 0.15) is 23.3 Å². The Morgan fingerprint density at radius 1 is 1.29 bits per heavy atom. The second-order valence-corrected chi connectivity index (χ2v) is 5.92. The Bertz CT molecular complexity index is 801. The molecule has 0 amide bonds.